The third kappa shape index (κ3) is 3.66. The lowest BCUT2D eigenvalue weighted by Gasteiger charge is -2.06. The smallest absolute Gasteiger partial charge is 0.271 e. The van der Waals surface area contributed by atoms with Crippen LogP contribution in [0.1, 0.15) is 23.3 Å². The van der Waals surface area contributed by atoms with Gasteiger partial charge in [-0.2, -0.15) is 0 Å². The molecule has 0 aliphatic heterocycles. The first kappa shape index (κ1) is 12.8. The number of amides is 2. The SMILES string of the molecule is O=C(NCCNC(=O)C1CC1)c1cncc(Cl)n1. The molecule has 1 aromatic heterocycles. The molecule has 6 nitrogen and oxygen atoms in total. The lowest BCUT2D eigenvalue weighted by Crippen LogP contribution is -2.35. The van der Waals surface area contributed by atoms with Gasteiger partial charge in [-0.05, 0) is 12.8 Å². The highest BCUT2D eigenvalue weighted by Crippen LogP contribution is 2.28. The summed E-state index contributed by atoms with van der Waals surface area (Å²) in [6, 6.07) is 0. The zero-order valence-electron chi connectivity index (χ0n) is 9.65. The van der Waals surface area contributed by atoms with Crippen LogP contribution in [-0.2, 0) is 4.79 Å². The molecule has 1 aromatic rings. The molecule has 1 fully saturated rings. The second-order valence-electron chi connectivity index (χ2n) is 4.05. The van der Waals surface area contributed by atoms with Crippen LogP contribution in [0.5, 0.6) is 0 Å². The Morgan fingerprint density at radius 3 is 2.67 bits per heavy atom. The number of nitrogens with one attached hydrogen (secondary N) is 2. The second kappa shape index (κ2) is 5.77. The summed E-state index contributed by atoms with van der Waals surface area (Å²) in [7, 11) is 0. The van der Waals surface area contributed by atoms with Gasteiger partial charge in [-0.1, -0.05) is 11.6 Å². The maximum Gasteiger partial charge on any atom is 0.271 e. The fraction of sp³-hybridized carbons (Fsp3) is 0.455. The van der Waals surface area contributed by atoms with Gasteiger partial charge in [0.05, 0.1) is 12.4 Å². The van der Waals surface area contributed by atoms with Crippen molar-refractivity contribution in [3.05, 3.63) is 23.2 Å². The highest BCUT2D eigenvalue weighted by Gasteiger charge is 2.28. The van der Waals surface area contributed by atoms with Crippen molar-refractivity contribution < 1.29 is 9.59 Å². The van der Waals surface area contributed by atoms with Crippen LogP contribution in [0.4, 0.5) is 0 Å². The Labute approximate surface area is 109 Å². The van der Waals surface area contributed by atoms with Crippen LogP contribution in [-0.4, -0.2) is 34.9 Å². The van der Waals surface area contributed by atoms with Gasteiger partial charge in [-0.25, -0.2) is 4.98 Å². The molecule has 0 unspecified atom stereocenters. The summed E-state index contributed by atoms with van der Waals surface area (Å²) < 4.78 is 0. The molecule has 1 aliphatic rings. The van der Waals surface area contributed by atoms with Crippen LogP contribution in [0, 0.1) is 5.92 Å². The lowest BCUT2D eigenvalue weighted by molar-refractivity contribution is -0.122. The Bertz CT molecular complexity index is 462. The van der Waals surface area contributed by atoms with E-state index in [9.17, 15) is 9.59 Å². The molecule has 0 bridgehead atoms. The predicted octanol–water partition coefficient (Wildman–Crippen LogP) is 0.386. The van der Waals surface area contributed by atoms with Gasteiger partial charge in [-0.3, -0.25) is 14.6 Å². The summed E-state index contributed by atoms with van der Waals surface area (Å²) in [6.07, 6.45) is 4.63. The molecule has 2 rings (SSSR count). The Morgan fingerprint density at radius 2 is 2.00 bits per heavy atom. The van der Waals surface area contributed by atoms with Gasteiger partial charge in [0, 0.05) is 19.0 Å². The van der Waals surface area contributed by atoms with Crippen LogP contribution in [0.15, 0.2) is 12.4 Å². The van der Waals surface area contributed by atoms with Crippen molar-refractivity contribution in [1.29, 1.82) is 0 Å². The second-order valence-corrected chi connectivity index (χ2v) is 4.44. The predicted molar refractivity (Wildman–Crippen MR) is 65.1 cm³/mol. The number of rotatable bonds is 5. The van der Waals surface area contributed by atoms with Crippen LogP contribution in [0.3, 0.4) is 0 Å². The van der Waals surface area contributed by atoms with Gasteiger partial charge >= 0.3 is 0 Å². The first-order chi connectivity index (χ1) is 8.66. The minimum Gasteiger partial charge on any atom is -0.354 e. The van der Waals surface area contributed by atoms with E-state index in [2.05, 4.69) is 20.6 Å². The number of carbonyl (C=O) groups is 2. The minimum atomic E-state index is -0.356. The molecule has 1 heterocycles. The van der Waals surface area contributed by atoms with E-state index in [0.717, 1.165) is 12.8 Å². The molecule has 0 saturated heterocycles. The van der Waals surface area contributed by atoms with Crippen LogP contribution >= 0.6 is 11.6 Å². The van der Waals surface area contributed by atoms with Crippen molar-refractivity contribution in [2.45, 2.75) is 12.8 Å². The van der Waals surface area contributed by atoms with Crippen molar-refractivity contribution in [3.8, 4) is 0 Å². The molecule has 1 saturated carbocycles. The summed E-state index contributed by atoms with van der Waals surface area (Å²) in [5, 5.41) is 5.54. The molecule has 0 spiro atoms. The summed E-state index contributed by atoms with van der Waals surface area (Å²) >= 11 is 5.62. The molecule has 0 aromatic carbocycles. The quantitative estimate of drug-likeness (QED) is 0.757. The lowest BCUT2D eigenvalue weighted by atomic mass is 10.4. The number of hydrogen-bond acceptors (Lipinski definition) is 4. The molecule has 1 aliphatic carbocycles. The Kier molecular flexibility index (Phi) is 4.09. The van der Waals surface area contributed by atoms with Crippen LogP contribution in [0.2, 0.25) is 5.15 Å². The standard InChI is InChI=1S/C11H13ClN4O2/c12-9-6-13-5-8(16-9)11(18)15-4-3-14-10(17)7-1-2-7/h5-7H,1-4H2,(H,14,17)(H,15,18). The van der Waals surface area contributed by atoms with E-state index >= 15 is 0 Å². The fourth-order valence-corrected chi connectivity index (χ4v) is 1.54. The molecule has 2 N–H and O–H groups in total. The van der Waals surface area contributed by atoms with E-state index in [1.807, 2.05) is 0 Å². The van der Waals surface area contributed by atoms with Crippen molar-refractivity contribution >= 4 is 23.4 Å². The van der Waals surface area contributed by atoms with Crippen LogP contribution < -0.4 is 10.6 Å². The van der Waals surface area contributed by atoms with Crippen molar-refractivity contribution in [3.63, 3.8) is 0 Å². The monoisotopic (exact) mass is 268 g/mol. The van der Waals surface area contributed by atoms with Crippen molar-refractivity contribution in [2.75, 3.05) is 13.1 Å². The maximum atomic E-state index is 11.6. The topological polar surface area (TPSA) is 84.0 Å². The van der Waals surface area contributed by atoms with E-state index in [1.165, 1.54) is 12.4 Å². The van der Waals surface area contributed by atoms with Gasteiger partial charge in [0.2, 0.25) is 5.91 Å². The molecular weight excluding hydrogens is 256 g/mol. The van der Waals surface area contributed by atoms with Crippen molar-refractivity contribution in [2.24, 2.45) is 5.92 Å². The number of hydrogen-bond donors (Lipinski definition) is 2. The first-order valence-corrected chi connectivity index (χ1v) is 6.08. The molecule has 18 heavy (non-hydrogen) atoms. The summed E-state index contributed by atoms with van der Waals surface area (Å²) in [6.45, 7) is 0.764. The van der Waals surface area contributed by atoms with Gasteiger partial charge in [-0.15, -0.1) is 0 Å². The number of halogens is 1. The van der Waals surface area contributed by atoms with Crippen molar-refractivity contribution in [1.82, 2.24) is 20.6 Å². The Balaban J connectivity index is 1.69. The Morgan fingerprint density at radius 1 is 1.28 bits per heavy atom. The summed E-state index contributed by atoms with van der Waals surface area (Å²) in [5.41, 5.74) is 0.163. The fourth-order valence-electron chi connectivity index (χ4n) is 1.39. The van der Waals surface area contributed by atoms with E-state index in [1.54, 1.807) is 0 Å². The summed E-state index contributed by atoms with van der Waals surface area (Å²) in [5.74, 6) is -0.114. The van der Waals surface area contributed by atoms with Crippen LogP contribution in [0.25, 0.3) is 0 Å². The average molecular weight is 269 g/mol. The molecule has 2 amide bonds. The third-order valence-electron chi connectivity index (χ3n) is 2.50. The zero-order valence-corrected chi connectivity index (χ0v) is 10.4. The first-order valence-electron chi connectivity index (χ1n) is 5.70. The number of carbonyl (C=O) groups excluding carboxylic acids is 2. The van der Waals surface area contributed by atoms with Gasteiger partial charge in [0.25, 0.3) is 5.91 Å². The van der Waals surface area contributed by atoms with E-state index in [-0.39, 0.29) is 28.6 Å². The van der Waals surface area contributed by atoms with Gasteiger partial charge in [0.15, 0.2) is 0 Å². The summed E-state index contributed by atoms with van der Waals surface area (Å²) in [4.78, 5) is 30.5. The highest BCUT2D eigenvalue weighted by atomic mass is 35.5. The van der Waals surface area contributed by atoms with E-state index in [0.29, 0.717) is 13.1 Å². The van der Waals surface area contributed by atoms with Gasteiger partial charge in [0.1, 0.15) is 10.8 Å². The van der Waals surface area contributed by atoms with Gasteiger partial charge < -0.3 is 10.6 Å². The largest absolute Gasteiger partial charge is 0.354 e. The Hall–Kier alpha value is -1.69. The maximum absolute atomic E-state index is 11.6. The van der Waals surface area contributed by atoms with E-state index in [4.69, 9.17) is 11.6 Å². The molecule has 7 heteroatoms. The van der Waals surface area contributed by atoms with E-state index < -0.39 is 0 Å². The molecule has 0 radical (unpaired) electrons. The highest BCUT2D eigenvalue weighted by molar-refractivity contribution is 6.29. The molecule has 0 atom stereocenters. The third-order valence-corrected chi connectivity index (χ3v) is 2.68. The number of aromatic nitrogens is 2. The zero-order chi connectivity index (χ0) is 13.0. The molecule has 96 valence electrons. The number of nitrogens with zero attached hydrogens (tertiary/aromatic N) is 2. The normalized spacial score (nSPS) is 14.1. The average Bonchev–Trinajstić information content (AvgIpc) is 3.18. The minimum absolute atomic E-state index is 0.0618. The molecular formula is C11H13ClN4O2.